The summed E-state index contributed by atoms with van der Waals surface area (Å²) in [5.74, 6) is 0.680. The molecule has 2 aromatic carbocycles. The zero-order valence-corrected chi connectivity index (χ0v) is 13.0. The smallest absolute Gasteiger partial charge is 0.269 e. The fourth-order valence-corrected chi connectivity index (χ4v) is 2.89. The predicted molar refractivity (Wildman–Crippen MR) is 88.6 cm³/mol. The first-order valence-corrected chi connectivity index (χ1v) is 7.89. The summed E-state index contributed by atoms with van der Waals surface area (Å²) in [4.78, 5) is 12.6. The summed E-state index contributed by atoms with van der Waals surface area (Å²) in [5.41, 5.74) is 2.98. The predicted octanol–water partition coefficient (Wildman–Crippen LogP) is 3.42. The maximum atomic E-state index is 10.6. The van der Waals surface area contributed by atoms with E-state index in [0.29, 0.717) is 12.4 Å². The molecule has 0 unspecified atom stereocenters. The van der Waals surface area contributed by atoms with E-state index in [9.17, 15) is 10.1 Å². The maximum absolute atomic E-state index is 10.6. The Kier molecular flexibility index (Phi) is 4.88. The summed E-state index contributed by atoms with van der Waals surface area (Å²) in [6.45, 7) is 3.72. The molecule has 0 N–H and O–H groups in total. The van der Waals surface area contributed by atoms with Crippen molar-refractivity contribution in [2.24, 2.45) is 0 Å². The quantitative estimate of drug-likeness (QED) is 0.466. The van der Waals surface area contributed by atoms with Crippen LogP contribution in [0.25, 0.3) is 0 Å². The topological polar surface area (TPSA) is 55.6 Å². The van der Waals surface area contributed by atoms with Crippen LogP contribution in [0.15, 0.2) is 48.5 Å². The van der Waals surface area contributed by atoms with Gasteiger partial charge in [0.1, 0.15) is 5.75 Å². The van der Waals surface area contributed by atoms with E-state index in [4.69, 9.17) is 4.74 Å². The molecule has 1 heterocycles. The molecule has 2 aromatic rings. The van der Waals surface area contributed by atoms with Gasteiger partial charge in [0.2, 0.25) is 0 Å². The first kappa shape index (κ1) is 15.5. The SMILES string of the molecule is O=[N+]([O-])c1ccc(OCCCN2CCc3ccccc3C2)cc1. The molecule has 0 amide bonds. The van der Waals surface area contributed by atoms with Crippen LogP contribution in [0.1, 0.15) is 17.5 Å². The lowest BCUT2D eigenvalue weighted by Gasteiger charge is -2.28. The highest BCUT2D eigenvalue weighted by Crippen LogP contribution is 2.19. The second kappa shape index (κ2) is 7.24. The van der Waals surface area contributed by atoms with E-state index < -0.39 is 4.92 Å². The monoisotopic (exact) mass is 312 g/mol. The highest BCUT2D eigenvalue weighted by Gasteiger charge is 2.14. The van der Waals surface area contributed by atoms with Crippen LogP contribution in [0.2, 0.25) is 0 Å². The van der Waals surface area contributed by atoms with E-state index in [-0.39, 0.29) is 5.69 Å². The van der Waals surface area contributed by atoms with E-state index >= 15 is 0 Å². The lowest BCUT2D eigenvalue weighted by molar-refractivity contribution is -0.384. The summed E-state index contributed by atoms with van der Waals surface area (Å²) >= 11 is 0. The average Bonchev–Trinajstić information content (AvgIpc) is 2.59. The average molecular weight is 312 g/mol. The van der Waals surface area contributed by atoms with Gasteiger partial charge in [0, 0.05) is 31.8 Å². The molecule has 3 rings (SSSR count). The fourth-order valence-electron chi connectivity index (χ4n) is 2.89. The van der Waals surface area contributed by atoms with Crippen LogP contribution < -0.4 is 4.74 Å². The molecule has 120 valence electrons. The number of benzene rings is 2. The first-order chi connectivity index (χ1) is 11.2. The van der Waals surface area contributed by atoms with Crippen molar-refractivity contribution in [2.75, 3.05) is 19.7 Å². The Morgan fingerprint density at radius 2 is 1.83 bits per heavy atom. The molecule has 0 bridgehead atoms. The standard InChI is InChI=1S/C18H20N2O3/c21-20(22)17-6-8-18(9-7-17)23-13-3-11-19-12-10-15-4-1-2-5-16(15)14-19/h1-2,4-9H,3,10-14H2. The summed E-state index contributed by atoms with van der Waals surface area (Å²) in [6.07, 6.45) is 2.05. The molecular formula is C18H20N2O3. The highest BCUT2D eigenvalue weighted by atomic mass is 16.6. The molecule has 1 aliphatic heterocycles. The number of nitrogens with zero attached hydrogens (tertiary/aromatic N) is 2. The minimum absolute atomic E-state index is 0.0873. The van der Waals surface area contributed by atoms with Crippen LogP contribution in [0.3, 0.4) is 0 Å². The minimum atomic E-state index is -0.405. The van der Waals surface area contributed by atoms with Gasteiger partial charge < -0.3 is 4.74 Å². The van der Waals surface area contributed by atoms with Crippen LogP contribution >= 0.6 is 0 Å². The Labute approximate surface area is 135 Å². The van der Waals surface area contributed by atoms with E-state index in [2.05, 4.69) is 29.2 Å². The Morgan fingerprint density at radius 1 is 1.09 bits per heavy atom. The Hall–Kier alpha value is -2.40. The number of nitro groups is 1. The normalized spacial score (nSPS) is 14.3. The lowest BCUT2D eigenvalue weighted by atomic mass is 10.00. The zero-order valence-electron chi connectivity index (χ0n) is 13.0. The van der Waals surface area contributed by atoms with E-state index in [0.717, 1.165) is 32.5 Å². The summed E-state index contributed by atoms with van der Waals surface area (Å²) < 4.78 is 5.65. The van der Waals surface area contributed by atoms with E-state index in [1.165, 1.54) is 23.3 Å². The molecule has 0 radical (unpaired) electrons. The molecule has 5 nitrogen and oxygen atoms in total. The molecule has 5 heteroatoms. The van der Waals surface area contributed by atoms with Crippen molar-refractivity contribution < 1.29 is 9.66 Å². The van der Waals surface area contributed by atoms with Gasteiger partial charge in [-0.15, -0.1) is 0 Å². The molecule has 0 aromatic heterocycles. The third-order valence-electron chi connectivity index (χ3n) is 4.14. The number of fused-ring (bicyclic) bond motifs is 1. The van der Waals surface area contributed by atoms with Gasteiger partial charge in [-0.3, -0.25) is 15.0 Å². The van der Waals surface area contributed by atoms with Gasteiger partial charge >= 0.3 is 0 Å². The van der Waals surface area contributed by atoms with Gasteiger partial charge in [0.15, 0.2) is 0 Å². The van der Waals surface area contributed by atoms with Crippen LogP contribution in [0.4, 0.5) is 5.69 Å². The molecule has 0 atom stereocenters. The number of non-ortho nitro benzene ring substituents is 1. The molecule has 23 heavy (non-hydrogen) atoms. The Balaban J connectivity index is 1.41. The van der Waals surface area contributed by atoms with Gasteiger partial charge in [-0.1, -0.05) is 24.3 Å². The molecule has 0 saturated carbocycles. The number of hydrogen-bond donors (Lipinski definition) is 0. The van der Waals surface area contributed by atoms with Gasteiger partial charge in [-0.05, 0) is 36.1 Å². The first-order valence-electron chi connectivity index (χ1n) is 7.89. The Bertz CT molecular complexity index is 670. The molecule has 0 aliphatic carbocycles. The molecule has 0 spiro atoms. The van der Waals surface area contributed by atoms with Crippen LogP contribution in [0, 0.1) is 10.1 Å². The van der Waals surface area contributed by atoms with Gasteiger partial charge in [-0.2, -0.15) is 0 Å². The zero-order chi connectivity index (χ0) is 16.1. The summed E-state index contributed by atoms with van der Waals surface area (Å²) in [5, 5.41) is 10.6. The highest BCUT2D eigenvalue weighted by molar-refractivity contribution is 5.36. The van der Waals surface area contributed by atoms with Crippen molar-refractivity contribution in [2.45, 2.75) is 19.4 Å². The van der Waals surface area contributed by atoms with Crippen molar-refractivity contribution >= 4 is 5.69 Å². The van der Waals surface area contributed by atoms with Crippen molar-refractivity contribution in [1.82, 2.24) is 4.90 Å². The number of nitro benzene ring substituents is 1. The third-order valence-corrected chi connectivity index (χ3v) is 4.14. The minimum Gasteiger partial charge on any atom is -0.494 e. The third kappa shape index (κ3) is 4.07. The fraction of sp³-hybridized carbons (Fsp3) is 0.333. The van der Waals surface area contributed by atoms with Crippen molar-refractivity contribution in [1.29, 1.82) is 0 Å². The Morgan fingerprint density at radius 3 is 2.57 bits per heavy atom. The second-order valence-electron chi connectivity index (χ2n) is 5.75. The van der Waals surface area contributed by atoms with Crippen LogP contribution in [0.5, 0.6) is 5.75 Å². The second-order valence-corrected chi connectivity index (χ2v) is 5.75. The van der Waals surface area contributed by atoms with Gasteiger partial charge in [0.25, 0.3) is 5.69 Å². The molecular weight excluding hydrogens is 292 g/mol. The summed E-state index contributed by atoms with van der Waals surface area (Å²) in [6, 6.07) is 14.9. The number of hydrogen-bond acceptors (Lipinski definition) is 4. The van der Waals surface area contributed by atoms with E-state index in [1.54, 1.807) is 12.1 Å². The molecule has 0 saturated heterocycles. The molecule has 1 aliphatic rings. The number of ether oxygens (including phenoxy) is 1. The van der Waals surface area contributed by atoms with Crippen molar-refractivity contribution in [3.63, 3.8) is 0 Å². The largest absolute Gasteiger partial charge is 0.494 e. The van der Waals surface area contributed by atoms with Crippen LogP contribution in [-0.2, 0) is 13.0 Å². The van der Waals surface area contributed by atoms with Gasteiger partial charge in [-0.25, -0.2) is 0 Å². The number of rotatable bonds is 6. The van der Waals surface area contributed by atoms with Crippen molar-refractivity contribution in [3.8, 4) is 5.75 Å². The van der Waals surface area contributed by atoms with E-state index in [1.807, 2.05) is 0 Å². The van der Waals surface area contributed by atoms with Gasteiger partial charge in [0.05, 0.1) is 11.5 Å². The van der Waals surface area contributed by atoms with Crippen LogP contribution in [-0.4, -0.2) is 29.5 Å². The maximum Gasteiger partial charge on any atom is 0.269 e. The molecule has 0 fully saturated rings. The summed E-state index contributed by atoms with van der Waals surface area (Å²) in [7, 11) is 0. The lowest BCUT2D eigenvalue weighted by Crippen LogP contribution is -2.31. The van der Waals surface area contributed by atoms with Crippen molar-refractivity contribution in [3.05, 3.63) is 69.8 Å².